The van der Waals surface area contributed by atoms with Crippen LogP contribution in [-0.4, -0.2) is 69.4 Å². The average Bonchev–Trinajstić information content (AvgIpc) is 3.27. The lowest BCUT2D eigenvalue weighted by Crippen LogP contribution is -2.46. The fourth-order valence-corrected chi connectivity index (χ4v) is 3.82. The first-order chi connectivity index (χ1) is 14.0. The molecule has 10 heteroatoms. The molecule has 2 saturated heterocycles. The van der Waals surface area contributed by atoms with Crippen molar-refractivity contribution in [1.82, 2.24) is 30.9 Å². The van der Waals surface area contributed by atoms with E-state index in [1.54, 1.807) is 11.0 Å². The Morgan fingerprint density at radius 2 is 2.10 bits per heavy atom. The van der Waals surface area contributed by atoms with E-state index in [0.29, 0.717) is 31.1 Å². The van der Waals surface area contributed by atoms with Crippen molar-refractivity contribution in [3.8, 4) is 0 Å². The van der Waals surface area contributed by atoms with Crippen LogP contribution < -0.4 is 10.6 Å². The Morgan fingerprint density at radius 3 is 2.79 bits per heavy atom. The molecule has 4 N–H and O–H groups in total. The molecule has 2 aliphatic heterocycles. The SMILES string of the molecule is O=C(O)CC(NC(=O)[C@@H]1CCCN(C(=O)/C=C/C2CCNCC2)C1)c1cn[nH]n1. The van der Waals surface area contributed by atoms with Crippen molar-refractivity contribution < 1.29 is 19.5 Å². The number of H-pyrrole nitrogens is 1. The standard InChI is InChI=1S/C19H28N6O4/c26-17(4-3-13-5-7-20-8-6-13)25-9-1-2-14(12-25)19(29)22-15(10-18(27)28)16-11-21-24-23-16/h3-4,11,13-15,20H,1-2,5-10,12H2,(H,22,29)(H,27,28)(H,21,23,24)/b4-3+/t14-,15?/m1/s1. The summed E-state index contributed by atoms with van der Waals surface area (Å²) in [6.45, 7) is 2.90. The van der Waals surface area contributed by atoms with E-state index < -0.39 is 12.0 Å². The van der Waals surface area contributed by atoms with E-state index in [2.05, 4.69) is 26.0 Å². The molecule has 2 fully saturated rings. The number of aromatic nitrogens is 3. The van der Waals surface area contributed by atoms with E-state index in [4.69, 9.17) is 5.11 Å². The second kappa shape index (κ2) is 10.1. The van der Waals surface area contributed by atoms with Crippen molar-refractivity contribution in [3.63, 3.8) is 0 Å². The number of rotatable bonds is 7. The fraction of sp³-hybridized carbons (Fsp3) is 0.632. The van der Waals surface area contributed by atoms with E-state index >= 15 is 0 Å². The number of nitrogens with one attached hydrogen (secondary N) is 3. The highest BCUT2D eigenvalue weighted by molar-refractivity contribution is 5.88. The number of amides is 2. The quantitative estimate of drug-likeness (QED) is 0.477. The van der Waals surface area contributed by atoms with Crippen molar-refractivity contribution in [1.29, 1.82) is 0 Å². The van der Waals surface area contributed by atoms with Crippen LogP contribution in [0.4, 0.5) is 0 Å². The summed E-state index contributed by atoms with van der Waals surface area (Å²) >= 11 is 0. The van der Waals surface area contributed by atoms with Gasteiger partial charge in [-0.15, -0.1) is 0 Å². The highest BCUT2D eigenvalue weighted by Crippen LogP contribution is 2.21. The number of aromatic amines is 1. The second-order valence-corrected chi connectivity index (χ2v) is 7.62. The van der Waals surface area contributed by atoms with E-state index in [1.165, 1.54) is 6.20 Å². The van der Waals surface area contributed by atoms with Gasteiger partial charge in [-0.3, -0.25) is 14.4 Å². The number of hydrogen-bond donors (Lipinski definition) is 4. The van der Waals surface area contributed by atoms with Gasteiger partial charge in [-0.25, -0.2) is 0 Å². The van der Waals surface area contributed by atoms with Crippen LogP contribution in [0.3, 0.4) is 0 Å². The van der Waals surface area contributed by atoms with Crippen LogP contribution in [0.25, 0.3) is 0 Å². The minimum atomic E-state index is -1.04. The summed E-state index contributed by atoms with van der Waals surface area (Å²) in [5, 5.41) is 25.2. The normalized spacial score (nSPS) is 21.8. The zero-order valence-electron chi connectivity index (χ0n) is 16.3. The maximum atomic E-state index is 12.7. The zero-order valence-corrected chi connectivity index (χ0v) is 16.3. The predicted molar refractivity (Wildman–Crippen MR) is 104 cm³/mol. The summed E-state index contributed by atoms with van der Waals surface area (Å²) in [6, 6.07) is -0.760. The van der Waals surface area contributed by atoms with Crippen LogP contribution in [-0.2, 0) is 14.4 Å². The molecule has 158 valence electrons. The molecule has 1 aromatic rings. The van der Waals surface area contributed by atoms with Gasteiger partial charge in [0.05, 0.1) is 24.6 Å². The minimum absolute atomic E-state index is 0.0698. The molecular formula is C19H28N6O4. The Morgan fingerprint density at radius 1 is 1.31 bits per heavy atom. The van der Waals surface area contributed by atoms with Gasteiger partial charge < -0.3 is 20.6 Å². The van der Waals surface area contributed by atoms with Crippen molar-refractivity contribution in [2.75, 3.05) is 26.2 Å². The Bertz CT molecular complexity index is 729. The van der Waals surface area contributed by atoms with E-state index in [0.717, 1.165) is 32.4 Å². The van der Waals surface area contributed by atoms with Gasteiger partial charge in [0.2, 0.25) is 11.8 Å². The lowest BCUT2D eigenvalue weighted by molar-refractivity contribution is -0.138. The van der Waals surface area contributed by atoms with Gasteiger partial charge in [-0.2, -0.15) is 15.4 Å². The molecule has 10 nitrogen and oxygen atoms in total. The molecule has 0 radical (unpaired) electrons. The number of carbonyl (C=O) groups is 3. The maximum Gasteiger partial charge on any atom is 0.305 e. The molecule has 2 amide bonds. The van der Waals surface area contributed by atoms with Crippen molar-refractivity contribution in [3.05, 3.63) is 24.0 Å². The van der Waals surface area contributed by atoms with Crippen LogP contribution in [0, 0.1) is 11.8 Å². The first-order valence-electron chi connectivity index (χ1n) is 10.1. The Labute approximate surface area is 169 Å². The summed E-state index contributed by atoms with van der Waals surface area (Å²) < 4.78 is 0. The molecule has 2 atom stereocenters. The number of aliphatic carboxylic acids is 1. The minimum Gasteiger partial charge on any atom is -0.481 e. The number of piperidine rings is 2. The highest BCUT2D eigenvalue weighted by Gasteiger charge is 2.30. The molecule has 3 rings (SSSR count). The van der Waals surface area contributed by atoms with E-state index in [1.807, 2.05) is 6.08 Å². The number of likely N-dealkylation sites (tertiary alicyclic amines) is 1. The number of nitrogens with zero attached hydrogens (tertiary/aromatic N) is 3. The number of carboxylic acids is 1. The molecule has 29 heavy (non-hydrogen) atoms. The molecule has 0 saturated carbocycles. The summed E-state index contributed by atoms with van der Waals surface area (Å²) in [5.74, 6) is -1.33. The van der Waals surface area contributed by atoms with Gasteiger partial charge in [0.15, 0.2) is 0 Å². The van der Waals surface area contributed by atoms with Crippen LogP contribution in [0.1, 0.15) is 43.8 Å². The van der Waals surface area contributed by atoms with Crippen molar-refractivity contribution in [2.24, 2.45) is 11.8 Å². The van der Waals surface area contributed by atoms with Crippen LogP contribution in [0.15, 0.2) is 18.3 Å². The predicted octanol–water partition coefficient (Wildman–Crippen LogP) is 0.231. The van der Waals surface area contributed by atoms with Gasteiger partial charge in [0.1, 0.15) is 5.69 Å². The Kier molecular flexibility index (Phi) is 7.34. The smallest absolute Gasteiger partial charge is 0.305 e. The first-order valence-corrected chi connectivity index (χ1v) is 10.1. The lowest BCUT2D eigenvalue weighted by atomic mass is 9.95. The summed E-state index contributed by atoms with van der Waals surface area (Å²) in [5.41, 5.74) is 0.370. The van der Waals surface area contributed by atoms with Gasteiger partial charge in [-0.1, -0.05) is 6.08 Å². The summed E-state index contributed by atoms with van der Waals surface area (Å²) in [7, 11) is 0. The molecule has 1 aromatic heterocycles. The van der Waals surface area contributed by atoms with E-state index in [-0.39, 0.29) is 24.2 Å². The molecule has 0 aliphatic carbocycles. The Balaban J connectivity index is 1.55. The third-order valence-corrected chi connectivity index (χ3v) is 5.48. The number of allylic oxidation sites excluding steroid dienone is 1. The maximum absolute atomic E-state index is 12.7. The monoisotopic (exact) mass is 404 g/mol. The van der Waals surface area contributed by atoms with Gasteiger partial charge in [0.25, 0.3) is 0 Å². The zero-order chi connectivity index (χ0) is 20.6. The molecule has 0 bridgehead atoms. The lowest BCUT2D eigenvalue weighted by Gasteiger charge is -2.32. The van der Waals surface area contributed by atoms with Crippen LogP contribution in [0.5, 0.6) is 0 Å². The van der Waals surface area contributed by atoms with Gasteiger partial charge in [0, 0.05) is 13.1 Å². The largest absolute Gasteiger partial charge is 0.481 e. The van der Waals surface area contributed by atoms with Crippen molar-refractivity contribution >= 4 is 17.8 Å². The topological polar surface area (TPSA) is 140 Å². The van der Waals surface area contributed by atoms with Gasteiger partial charge >= 0.3 is 5.97 Å². The van der Waals surface area contributed by atoms with E-state index in [9.17, 15) is 14.4 Å². The molecule has 3 heterocycles. The summed E-state index contributed by atoms with van der Waals surface area (Å²) in [4.78, 5) is 38.1. The molecule has 0 aromatic carbocycles. The van der Waals surface area contributed by atoms with Crippen LogP contribution in [0.2, 0.25) is 0 Å². The first kappa shape index (κ1) is 21.0. The second-order valence-electron chi connectivity index (χ2n) is 7.62. The third-order valence-electron chi connectivity index (χ3n) is 5.48. The third kappa shape index (κ3) is 6.11. The Hall–Kier alpha value is -2.75. The highest BCUT2D eigenvalue weighted by atomic mass is 16.4. The fourth-order valence-electron chi connectivity index (χ4n) is 3.82. The van der Waals surface area contributed by atoms with Crippen LogP contribution >= 0.6 is 0 Å². The molecule has 1 unspecified atom stereocenters. The molecular weight excluding hydrogens is 376 g/mol. The van der Waals surface area contributed by atoms with Gasteiger partial charge in [-0.05, 0) is 50.8 Å². The molecule has 2 aliphatic rings. The summed E-state index contributed by atoms with van der Waals surface area (Å²) in [6.07, 6.45) is 8.19. The average molecular weight is 404 g/mol. The van der Waals surface area contributed by atoms with Crippen molar-refractivity contribution in [2.45, 2.75) is 38.1 Å². The number of hydrogen-bond acceptors (Lipinski definition) is 6. The molecule has 0 spiro atoms. The number of carboxylic acid groups (broad SMARTS) is 1. The number of carbonyl (C=O) groups excluding carboxylic acids is 2.